The summed E-state index contributed by atoms with van der Waals surface area (Å²) in [7, 11) is 1.54. The molecule has 2 N–H and O–H groups in total. The van der Waals surface area contributed by atoms with Gasteiger partial charge in [0, 0.05) is 0 Å². The normalized spacial score (nSPS) is 12.0. The molecule has 0 amide bonds. The summed E-state index contributed by atoms with van der Waals surface area (Å²) in [6.45, 7) is 11.2. The van der Waals surface area contributed by atoms with Gasteiger partial charge in [0.25, 0.3) is 0 Å². The Kier molecular flexibility index (Phi) is 7.58. The molecule has 24 heavy (non-hydrogen) atoms. The molecule has 1 aromatic rings. The summed E-state index contributed by atoms with van der Waals surface area (Å²) in [6.07, 6.45) is 1.33. The number of carbonyl (C=O) groups is 1. The first-order valence-corrected chi connectivity index (χ1v) is 7.88. The molecule has 134 valence electrons. The SMILES string of the molecule is C=CCOC(=O)[C@H](N)c1cc(OC(C)C)c(OC)c(OC(C)C)c1. The summed E-state index contributed by atoms with van der Waals surface area (Å²) < 4.78 is 22.0. The standard InChI is InChI=1S/C18H27NO5/c1-7-8-22-18(20)16(19)13-9-14(23-11(2)3)17(21-6)15(10-13)24-12(4)5/h7,9-12,16H,1,8,19H2,2-6H3/t16-/m1/s1. The van der Waals surface area contributed by atoms with E-state index in [0.717, 1.165) is 0 Å². The van der Waals surface area contributed by atoms with Crippen LogP contribution in [-0.2, 0) is 9.53 Å². The van der Waals surface area contributed by atoms with Crippen LogP contribution in [0.3, 0.4) is 0 Å². The highest BCUT2D eigenvalue weighted by Gasteiger charge is 2.23. The van der Waals surface area contributed by atoms with E-state index in [9.17, 15) is 4.79 Å². The van der Waals surface area contributed by atoms with E-state index >= 15 is 0 Å². The molecule has 0 unspecified atom stereocenters. The summed E-state index contributed by atoms with van der Waals surface area (Å²) in [5.74, 6) is 0.846. The smallest absolute Gasteiger partial charge is 0.327 e. The highest BCUT2D eigenvalue weighted by Crippen LogP contribution is 2.41. The van der Waals surface area contributed by atoms with E-state index < -0.39 is 12.0 Å². The van der Waals surface area contributed by atoms with Crippen LogP contribution in [0.15, 0.2) is 24.8 Å². The minimum Gasteiger partial charge on any atom is -0.490 e. The Labute approximate surface area is 143 Å². The maximum Gasteiger partial charge on any atom is 0.327 e. The Morgan fingerprint density at radius 2 is 1.67 bits per heavy atom. The van der Waals surface area contributed by atoms with Crippen molar-refractivity contribution in [3.8, 4) is 17.2 Å². The van der Waals surface area contributed by atoms with Crippen molar-refractivity contribution in [2.45, 2.75) is 45.9 Å². The summed E-state index contributed by atoms with van der Waals surface area (Å²) in [5, 5.41) is 0. The van der Waals surface area contributed by atoms with Gasteiger partial charge in [0.05, 0.1) is 19.3 Å². The maximum atomic E-state index is 12.0. The number of hydrogen-bond acceptors (Lipinski definition) is 6. The van der Waals surface area contributed by atoms with Crippen molar-refractivity contribution in [2.24, 2.45) is 5.73 Å². The van der Waals surface area contributed by atoms with Crippen LogP contribution in [0.2, 0.25) is 0 Å². The molecule has 0 aliphatic heterocycles. The van der Waals surface area contributed by atoms with Crippen molar-refractivity contribution in [1.82, 2.24) is 0 Å². The van der Waals surface area contributed by atoms with Crippen molar-refractivity contribution in [2.75, 3.05) is 13.7 Å². The van der Waals surface area contributed by atoms with E-state index in [4.69, 9.17) is 24.7 Å². The van der Waals surface area contributed by atoms with Crippen LogP contribution in [0.4, 0.5) is 0 Å². The second-order valence-electron chi connectivity index (χ2n) is 5.78. The van der Waals surface area contributed by atoms with Gasteiger partial charge in [-0.3, -0.25) is 0 Å². The van der Waals surface area contributed by atoms with E-state index in [1.54, 1.807) is 12.1 Å². The highest BCUT2D eigenvalue weighted by atomic mass is 16.5. The quantitative estimate of drug-likeness (QED) is 0.551. The fourth-order valence-electron chi connectivity index (χ4n) is 2.03. The van der Waals surface area contributed by atoms with E-state index in [1.165, 1.54) is 13.2 Å². The summed E-state index contributed by atoms with van der Waals surface area (Å²) in [6, 6.07) is 2.39. The molecular weight excluding hydrogens is 310 g/mol. The Morgan fingerprint density at radius 3 is 2.04 bits per heavy atom. The molecule has 6 heteroatoms. The molecule has 1 rings (SSSR count). The second-order valence-corrected chi connectivity index (χ2v) is 5.78. The number of hydrogen-bond donors (Lipinski definition) is 1. The number of esters is 1. The first-order valence-electron chi connectivity index (χ1n) is 7.88. The third-order valence-corrected chi connectivity index (χ3v) is 2.93. The topological polar surface area (TPSA) is 80.0 Å². The monoisotopic (exact) mass is 337 g/mol. The van der Waals surface area contributed by atoms with Crippen molar-refractivity contribution in [3.05, 3.63) is 30.4 Å². The van der Waals surface area contributed by atoms with Crippen LogP contribution in [-0.4, -0.2) is 31.9 Å². The zero-order valence-electron chi connectivity index (χ0n) is 15.0. The number of benzene rings is 1. The fraction of sp³-hybridized carbons (Fsp3) is 0.500. The van der Waals surface area contributed by atoms with Crippen LogP contribution in [0.25, 0.3) is 0 Å². The van der Waals surface area contributed by atoms with E-state index in [1.807, 2.05) is 27.7 Å². The zero-order valence-corrected chi connectivity index (χ0v) is 15.0. The van der Waals surface area contributed by atoms with Gasteiger partial charge in [0.15, 0.2) is 11.5 Å². The van der Waals surface area contributed by atoms with Crippen LogP contribution in [0.1, 0.15) is 39.3 Å². The lowest BCUT2D eigenvalue weighted by Gasteiger charge is -2.21. The van der Waals surface area contributed by atoms with Crippen LogP contribution < -0.4 is 19.9 Å². The van der Waals surface area contributed by atoms with Crippen molar-refractivity contribution >= 4 is 5.97 Å². The first-order chi connectivity index (χ1) is 11.3. The Hall–Kier alpha value is -2.21. The number of carbonyl (C=O) groups excluding carboxylic acids is 1. The van der Waals surface area contributed by atoms with Crippen LogP contribution >= 0.6 is 0 Å². The largest absolute Gasteiger partial charge is 0.490 e. The maximum absolute atomic E-state index is 12.0. The molecule has 0 aromatic heterocycles. The highest BCUT2D eigenvalue weighted by molar-refractivity contribution is 5.78. The third kappa shape index (κ3) is 5.45. The van der Waals surface area contributed by atoms with Crippen LogP contribution in [0, 0.1) is 0 Å². The number of ether oxygens (including phenoxy) is 4. The van der Waals surface area contributed by atoms with E-state index in [0.29, 0.717) is 22.8 Å². The van der Waals surface area contributed by atoms with Gasteiger partial charge in [-0.15, -0.1) is 0 Å². The van der Waals surface area contributed by atoms with Gasteiger partial charge in [-0.05, 0) is 45.4 Å². The van der Waals surface area contributed by atoms with Gasteiger partial charge >= 0.3 is 5.97 Å². The lowest BCUT2D eigenvalue weighted by Crippen LogP contribution is -2.24. The average Bonchev–Trinajstić information content (AvgIpc) is 2.50. The van der Waals surface area contributed by atoms with E-state index in [2.05, 4.69) is 6.58 Å². The molecule has 0 aliphatic rings. The molecule has 0 spiro atoms. The van der Waals surface area contributed by atoms with Gasteiger partial charge in [0.1, 0.15) is 12.6 Å². The number of rotatable bonds is 9. The van der Waals surface area contributed by atoms with Gasteiger partial charge < -0.3 is 24.7 Å². The third-order valence-electron chi connectivity index (χ3n) is 2.93. The van der Waals surface area contributed by atoms with Gasteiger partial charge in [-0.25, -0.2) is 4.79 Å². The van der Waals surface area contributed by atoms with Crippen molar-refractivity contribution in [1.29, 1.82) is 0 Å². The number of nitrogens with two attached hydrogens (primary N) is 1. The molecule has 0 radical (unpaired) electrons. The summed E-state index contributed by atoms with van der Waals surface area (Å²) in [5.41, 5.74) is 6.53. The molecule has 0 fully saturated rings. The zero-order chi connectivity index (χ0) is 18.3. The average molecular weight is 337 g/mol. The van der Waals surface area contributed by atoms with Crippen molar-refractivity contribution in [3.63, 3.8) is 0 Å². The lowest BCUT2D eigenvalue weighted by atomic mass is 10.1. The van der Waals surface area contributed by atoms with Crippen LogP contribution in [0.5, 0.6) is 17.2 Å². The molecule has 1 atom stereocenters. The minimum absolute atomic E-state index is 0.0787. The Balaban J connectivity index is 3.28. The van der Waals surface area contributed by atoms with Gasteiger partial charge in [0.2, 0.25) is 5.75 Å². The molecule has 0 aliphatic carbocycles. The fourth-order valence-corrected chi connectivity index (χ4v) is 2.03. The Bertz CT molecular complexity index is 538. The molecule has 6 nitrogen and oxygen atoms in total. The summed E-state index contributed by atoms with van der Waals surface area (Å²) >= 11 is 0. The molecule has 1 aromatic carbocycles. The molecule has 0 saturated carbocycles. The van der Waals surface area contributed by atoms with E-state index in [-0.39, 0.29) is 18.8 Å². The first kappa shape index (κ1) is 19.8. The molecular formula is C18H27NO5. The molecule has 0 heterocycles. The van der Waals surface area contributed by atoms with Crippen molar-refractivity contribution < 1.29 is 23.7 Å². The summed E-state index contributed by atoms with van der Waals surface area (Å²) in [4.78, 5) is 12.0. The van der Waals surface area contributed by atoms with Gasteiger partial charge in [-0.2, -0.15) is 0 Å². The molecule has 0 saturated heterocycles. The molecule has 0 bridgehead atoms. The lowest BCUT2D eigenvalue weighted by molar-refractivity contribution is -0.144. The van der Waals surface area contributed by atoms with Gasteiger partial charge in [-0.1, -0.05) is 12.7 Å². The predicted molar refractivity (Wildman–Crippen MR) is 92.6 cm³/mol. The predicted octanol–water partition coefficient (Wildman–Crippen LogP) is 3.00. The minimum atomic E-state index is -0.958. The Morgan fingerprint density at radius 1 is 1.17 bits per heavy atom. The number of methoxy groups -OCH3 is 1. The second kappa shape index (κ2) is 9.17.